The number of methoxy groups -OCH3 is 1. The molecule has 0 atom stereocenters. The van der Waals surface area contributed by atoms with Crippen LogP contribution in [0.5, 0.6) is 5.75 Å². The van der Waals surface area contributed by atoms with Crippen molar-refractivity contribution in [2.45, 2.75) is 6.42 Å². The molecule has 0 aliphatic rings. The molecule has 0 radical (unpaired) electrons. The van der Waals surface area contributed by atoms with Crippen molar-refractivity contribution in [3.05, 3.63) is 28.3 Å². The minimum Gasteiger partial charge on any atom is -0.492 e. The molecule has 1 aromatic carbocycles. The highest BCUT2D eigenvalue weighted by atomic mass is 35.5. The minimum atomic E-state index is -1.12. The summed E-state index contributed by atoms with van der Waals surface area (Å²) in [6, 6.07) is 1.25. The van der Waals surface area contributed by atoms with Gasteiger partial charge in [0.2, 0.25) is 5.82 Å². The summed E-state index contributed by atoms with van der Waals surface area (Å²) in [6.45, 7) is -0.265. The first kappa shape index (κ1) is 11.2. The van der Waals surface area contributed by atoms with Gasteiger partial charge in [0, 0.05) is 6.61 Å². The van der Waals surface area contributed by atoms with Gasteiger partial charge < -0.3 is 9.84 Å². The third kappa shape index (κ3) is 1.96. The molecule has 1 rings (SSSR count). The van der Waals surface area contributed by atoms with Gasteiger partial charge in [-0.2, -0.15) is 4.39 Å². The number of halogens is 3. The van der Waals surface area contributed by atoms with Crippen molar-refractivity contribution < 1.29 is 18.6 Å². The molecule has 0 saturated heterocycles. The van der Waals surface area contributed by atoms with Crippen LogP contribution < -0.4 is 4.74 Å². The number of rotatable bonds is 3. The summed E-state index contributed by atoms with van der Waals surface area (Å²) in [5, 5.41) is 8.58. The number of hydrogen-bond acceptors (Lipinski definition) is 2. The van der Waals surface area contributed by atoms with Crippen LogP contribution in [0.3, 0.4) is 0 Å². The smallest absolute Gasteiger partial charge is 0.202 e. The zero-order valence-corrected chi connectivity index (χ0v) is 8.24. The van der Waals surface area contributed by atoms with E-state index >= 15 is 0 Å². The predicted molar refractivity (Wildman–Crippen MR) is 48.7 cm³/mol. The van der Waals surface area contributed by atoms with Gasteiger partial charge in [0.1, 0.15) is 0 Å². The maximum Gasteiger partial charge on any atom is 0.202 e. The molecule has 0 fully saturated rings. The topological polar surface area (TPSA) is 29.5 Å². The first-order valence-electron chi connectivity index (χ1n) is 3.93. The Bertz CT molecular complexity index is 342. The molecule has 0 heterocycles. The number of aliphatic hydroxyl groups is 1. The molecule has 0 bridgehead atoms. The third-order valence-corrected chi connectivity index (χ3v) is 2.06. The Morgan fingerprint density at radius 3 is 2.57 bits per heavy atom. The quantitative estimate of drug-likeness (QED) is 0.795. The van der Waals surface area contributed by atoms with E-state index in [1.165, 1.54) is 13.2 Å². The fraction of sp³-hybridized carbons (Fsp3) is 0.333. The Morgan fingerprint density at radius 1 is 1.43 bits per heavy atom. The van der Waals surface area contributed by atoms with E-state index in [1.807, 2.05) is 0 Å². The van der Waals surface area contributed by atoms with E-state index < -0.39 is 11.6 Å². The fourth-order valence-electron chi connectivity index (χ4n) is 1.12. The molecule has 0 amide bonds. The van der Waals surface area contributed by atoms with Crippen molar-refractivity contribution in [1.82, 2.24) is 0 Å². The van der Waals surface area contributed by atoms with Crippen LogP contribution >= 0.6 is 11.6 Å². The summed E-state index contributed by atoms with van der Waals surface area (Å²) in [4.78, 5) is 0. The van der Waals surface area contributed by atoms with Crippen LogP contribution in [0.15, 0.2) is 6.07 Å². The zero-order chi connectivity index (χ0) is 10.7. The highest BCUT2D eigenvalue weighted by Gasteiger charge is 2.17. The largest absolute Gasteiger partial charge is 0.492 e. The molecular weight excluding hydrogens is 214 g/mol. The highest BCUT2D eigenvalue weighted by Crippen LogP contribution is 2.31. The summed E-state index contributed by atoms with van der Waals surface area (Å²) < 4.78 is 31.0. The van der Waals surface area contributed by atoms with Crippen molar-refractivity contribution in [3.63, 3.8) is 0 Å². The molecule has 14 heavy (non-hydrogen) atoms. The third-order valence-electron chi connectivity index (χ3n) is 1.78. The summed E-state index contributed by atoms with van der Waals surface area (Å²) in [5.41, 5.74) is 0.0378. The number of ether oxygens (including phenoxy) is 1. The molecule has 1 aromatic rings. The van der Waals surface area contributed by atoms with Crippen LogP contribution in [0.25, 0.3) is 0 Å². The van der Waals surface area contributed by atoms with Gasteiger partial charge in [0.05, 0.1) is 12.1 Å². The van der Waals surface area contributed by atoms with E-state index in [1.54, 1.807) is 0 Å². The van der Waals surface area contributed by atoms with Crippen molar-refractivity contribution in [1.29, 1.82) is 0 Å². The molecule has 0 aliphatic heterocycles. The first-order chi connectivity index (χ1) is 6.61. The van der Waals surface area contributed by atoms with Crippen molar-refractivity contribution >= 4 is 11.6 Å². The lowest BCUT2D eigenvalue weighted by molar-refractivity contribution is 0.296. The second-order valence-corrected chi connectivity index (χ2v) is 3.06. The van der Waals surface area contributed by atoms with Gasteiger partial charge in [-0.05, 0) is 18.1 Å². The average molecular weight is 223 g/mol. The Balaban J connectivity index is 3.25. The second-order valence-electron chi connectivity index (χ2n) is 2.65. The van der Waals surface area contributed by atoms with Crippen LogP contribution in [0.1, 0.15) is 5.56 Å². The van der Waals surface area contributed by atoms with E-state index in [2.05, 4.69) is 4.74 Å². The van der Waals surface area contributed by atoms with Gasteiger partial charge in [-0.25, -0.2) is 4.39 Å². The van der Waals surface area contributed by atoms with E-state index in [9.17, 15) is 8.78 Å². The van der Waals surface area contributed by atoms with Crippen LogP contribution in [-0.2, 0) is 6.42 Å². The molecule has 0 saturated carbocycles. The van der Waals surface area contributed by atoms with Crippen LogP contribution in [0.2, 0.25) is 5.02 Å². The normalized spacial score (nSPS) is 10.4. The van der Waals surface area contributed by atoms with E-state index in [-0.39, 0.29) is 29.4 Å². The number of hydrogen-bond donors (Lipinski definition) is 1. The predicted octanol–water partition coefficient (Wildman–Crippen LogP) is 2.16. The van der Waals surface area contributed by atoms with Gasteiger partial charge in [0.15, 0.2) is 11.6 Å². The van der Waals surface area contributed by atoms with Gasteiger partial charge in [-0.3, -0.25) is 0 Å². The summed E-state index contributed by atoms with van der Waals surface area (Å²) in [5.74, 6) is -2.46. The maximum absolute atomic E-state index is 13.2. The molecule has 0 aromatic heterocycles. The number of benzene rings is 1. The lowest BCUT2D eigenvalue weighted by Crippen LogP contribution is -2.01. The highest BCUT2D eigenvalue weighted by molar-refractivity contribution is 6.32. The van der Waals surface area contributed by atoms with Gasteiger partial charge in [0.25, 0.3) is 0 Å². The van der Waals surface area contributed by atoms with Gasteiger partial charge >= 0.3 is 0 Å². The first-order valence-corrected chi connectivity index (χ1v) is 4.30. The molecule has 0 unspecified atom stereocenters. The maximum atomic E-state index is 13.2. The van der Waals surface area contributed by atoms with E-state index in [4.69, 9.17) is 16.7 Å². The fourth-order valence-corrected chi connectivity index (χ4v) is 1.41. The van der Waals surface area contributed by atoms with Crippen LogP contribution in [0.4, 0.5) is 8.78 Å². The average Bonchev–Trinajstić information content (AvgIpc) is 2.15. The molecule has 1 N–H and O–H groups in total. The molecule has 0 spiro atoms. The van der Waals surface area contributed by atoms with Crippen LogP contribution in [0, 0.1) is 11.6 Å². The van der Waals surface area contributed by atoms with E-state index in [0.717, 1.165) is 0 Å². The minimum absolute atomic E-state index is 0.00477. The Hall–Kier alpha value is -0.870. The number of aliphatic hydroxyl groups excluding tert-OH is 1. The Kier molecular flexibility index (Phi) is 3.66. The van der Waals surface area contributed by atoms with Gasteiger partial charge in [-0.15, -0.1) is 0 Å². The second kappa shape index (κ2) is 4.57. The van der Waals surface area contributed by atoms with Crippen molar-refractivity contribution in [3.8, 4) is 5.75 Å². The molecule has 0 aliphatic carbocycles. The van der Waals surface area contributed by atoms with Crippen molar-refractivity contribution in [2.24, 2.45) is 0 Å². The lowest BCUT2D eigenvalue weighted by atomic mass is 10.1. The Labute approximate surface area is 85.1 Å². The molecule has 2 nitrogen and oxygen atoms in total. The van der Waals surface area contributed by atoms with Crippen molar-refractivity contribution in [2.75, 3.05) is 13.7 Å². The standard InChI is InChI=1S/C9H9ClF2O2/c1-14-9-6(10)4-5(2-3-13)7(11)8(9)12/h4,13H,2-3H2,1H3. The summed E-state index contributed by atoms with van der Waals surface area (Å²) >= 11 is 5.63. The zero-order valence-electron chi connectivity index (χ0n) is 7.48. The molecular formula is C9H9ClF2O2. The SMILES string of the molecule is COc1c(Cl)cc(CCO)c(F)c1F. The Morgan fingerprint density at radius 2 is 2.07 bits per heavy atom. The summed E-state index contributed by atoms with van der Waals surface area (Å²) in [6.07, 6.45) is 0.0203. The summed E-state index contributed by atoms with van der Waals surface area (Å²) in [7, 11) is 1.20. The van der Waals surface area contributed by atoms with Crippen LogP contribution in [-0.4, -0.2) is 18.8 Å². The van der Waals surface area contributed by atoms with E-state index in [0.29, 0.717) is 0 Å². The molecule has 78 valence electrons. The van der Waals surface area contributed by atoms with Gasteiger partial charge in [-0.1, -0.05) is 11.6 Å². The monoisotopic (exact) mass is 222 g/mol. The lowest BCUT2D eigenvalue weighted by Gasteiger charge is -2.08. The molecule has 5 heteroatoms.